The molecule has 0 aromatic carbocycles. The van der Waals surface area contributed by atoms with Crippen LogP contribution in [0, 0.1) is 0 Å². The van der Waals surface area contributed by atoms with Crippen molar-refractivity contribution in [2.45, 2.75) is 81.1 Å². The summed E-state index contributed by atoms with van der Waals surface area (Å²) in [6.07, 6.45) is 20.0. The van der Waals surface area contributed by atoms with Crippen molar-refractivity contribution < 1.29 is 17.9 Å². The first-order valence-corrected chi connectivity index (χ1v) is 11.1. The molecular weight excluding hydrogens is 252 g/mol. The van der Waals surface area contributed by atoms with Crippen molar-refractivity contribution in [3.63, 3.8) is 0 Å². The molecule has 1 aliphatic rings. The van der Waals surface area contributed by atoms with Crippen molar-refractivity contribution in [2.24, 2.45) is 0 Å². The van der Waals surface area contributed by atoms with E-state index in [0.717, 1.165) is 0 Å². The fraction of sp³-hybridized carbons (Fsp3) is 0.765. The van der Waals surface area contributed by atoms with Crippen LogP contribution in [0.15, 0.2) is 22.1 Å². The molecule has 1 aliphatic carbocycles. The predicted molar refractivity (Wildman–Crippen MR) is 79.7 cm³/mol. The summed E-state index contributed by atoms with van der Waals surface area (Å²) in [7, 11) is 0. The van der Waals surface area contributed by atoms with Crippen LogP contribution >= 0.6 is 0 Å². The van der Waals surface area contributed by atoms with E-state index in [0.29, 0.717) is 0 Å². The average Bonchev–Trinajstić information content (AvgIpc) is 2.91. The topological polar surface area (TPSA) is 0 Å². The van der Waals surface area contributed by atoms with Gasteiger partial charge >= 0.3 is 121 Å². The molecule has 1 heteroatoms. The SMILES string of the molecule is CCCCC[CH2][Ti]([CH2]CCCCC)[C]1=CC=CC1. The molecule has 0 N–H and O–H groups in total. The van der Waals surface area contributed by atoms with Gasteiger partial charge in [-0.1, -0.05) is 0 Å². The Kier molecular flexibility index (Phi) is 9.98. The zero-order valence-electron chi connectivity index (χ0n) is 12.5. The molecule has 103 valence electrons. The molecule has 0 aromatic rings. The first-order valence-electron chi connectivity index (χ1n) is 8.09. The molecule has 0 aliphatic heterocycles. The molecule has 0 atom stereocenters. The zero-order valence-corrected chi connectivity index (χ0v) is 14.1. The molecule has 0 aromatic heterocycles. The maximum atomic E-state index is 2.45. The summed E-state index contributed by atoms with van der Waals surface area (Å²) < 4.78 is 5.07. The predicted octanol–water partition coefficient (Wildman–Crippen LogP) is 6.45. The number of hydrogen-bond donors (Lipinski definition) is 0. The second kappa shape index (κ2) is 11.1. The van der Waals surface area contributed by atoms with Crippen molar-refractivity contribution in [3.05, 3.63) is 22.1 Å². The quantitative estimate of drug-likeness (QED) is 0.302. The fourth-order valence-electron chi connectivity index (χ4n) is 2.69. The Balaban J connectivity index is 2.23. The minimum absolute atomic E-state index is 0.864. The van der Waals surface area contributed by atoms with E-state index < -0.39 is 17.9 Å². The summed E-state index contributed by atoms with van der Waals surface area (Å²) in [6.45, 7) is 4.62. The Labute approximate surface area is 121 Å². The van der Waals surface area contributed by atoms with Gasteiger partial charge in [0.15, 0.2) is 0 Å². The average molecular weight is 283 g/mol. The molecule has 0 saturated carbocycles. The van der Waals surface area contributed by atoms with Gasteiger partial charge in [-0.25, -0.2) is 0 Å². The summed E-state index contributed by atoms with van der Waals surface area (Å²) in [4.78, 5) is 0. The summed E-state index contributed by atoms with van der Waals surface area (Å²) in [6, 6.07) is 0. The Morgan fingerprint density at radius 3 is 1.94 bits per heavy atom. The summed E-state index contributed by atoms with van der Waals surface area (Å²) in [5, 5.41) is 0. The van der Waals surface area contributed by atoms with E-state index in [9.17, 15) is 0 Å². The minimum atomic E-state index is -0.864. The van der Waals surface area contributed by atoms with Crippen LogP contribution in [0.25, 0.3) is 0 Å². The van der Waals surface area contributed by atoms with E-state index in [1.165, 1.54) is 57.8 Å². The molecule has 18 heavy (non-hydrogen) atoms. The monoisotopic (exact) mass is 283 g/mol. The zero-order chi connectivity index (χ0) is 13.1. The third kappa shape index (κ3) is 6.95. The van der Waals surface area contributed by atoms with Crippen molar-refractivity contribution in [1.82, 2.24) is 0 Å². The Hall–Kier alpha value is 0.194. The van der Waals surface area contributed by atoms with Gasteiger partial charge < -0.3 is 0 Å². The molecular formula is C17H31Ti. The van der Waals surface area contributed by atoms with E-state index in [4.69, 9.17) is 0 Å². The molecule has 0 saturated heterocycles. The van der Waals surface area contributed by atoms with Crippen LogP contribution in [0.1, 0.15) is 71.6 Å². The molecule has 1 rings (SSSR count). The molecule has 0 spiro atoms. The molecule has 0 fully saturated rings. The normalized spacial score (nSPS) is 14.0. The van der Waals surface area contributed by atoms with Crippen LogP contribution in [0.4, 0.5) is 0 Å². The van der Waals surface area contributed by atoms with E-state index in [1.54, 1.807) is 9.45 Å². The van der Waals surface area contributed by atoms with Crippen molar-refractivity contribution in [1.29, 1.82) is 0 Å². The van der Waals surface area contributed by atoms with Crippen molar-refractivity contribution >= 4 is 0 Å². The van der Waals surface area contributed by atoms with Gasteiger partial charge in [0.2, 0.25) is 0 Å². The molecule has 0 heterocycles. The molecule has 0 radical (unpaired) electrons. The molecule has 0 bridgehead atoms. The number of rotatable bonds is 11. The van der Waals surface area contributed by atoms with Gasteiger partial charge in [0.05, 0.1) is 0 Å². The van der Waals surface area contributed by atoms with Crippen LogP contribution in [0.3, 0.4) is 0 Å². The Bertz CT molecular complexity index is 240. The standard InChI is InChI=1S/2C6H13.C5H5.Ti/c2*1-3-5-6-4-2;1-2-4-5-3-1;/h2*1,3-6H2,2H3;1-3H,4H2;. The van der Waals surface area contributed by atoms with Crippen LogP contribution in [0.5, 0.6) is 0 Å². The second-order valence-corrected chi connectivity index (χ2v) is 10.00. The molecule has 0 amide bonds. The van der Waals surface area contributed by atoms with Gasteiger partial charge in [-0.15, -0.1) is 0 Å². The first-order chi connectivity index (χ1) is 8.88. The van der Waals surface area contributed by atoms with Gasteiger partial charge in [0.25, 0.3) is 0 Å². The van der Waals surface area contributed by atoms with Gasteiger partial charge in [-0.2, -0.15) is 0 Å². The van der Waals surface area contributed by atoms with Crippen LogP contribution < -0.4 is 0 Å². The molecule has 0 unspecified atom stereocenters. The number of unbranched alkanes of at least 4 members (excludes halogenated alkanes) is 6. The Morgan fingerprint density at radius 1 is 0.889 bits per heavy atom. The van der Waals surface area contributed by atoms with Crippen LogP contribution in [0.2, 0.25) is 9.45 Å². The number of hydrogen-bond acceptors (Lipinski definition) is 0. The van der Waals surface area contributed by atoms with E-state index in [1.807, 2.05) is 3.88 Å². The Morgan fingerprint density at radius 2 is 1.50 bits per heavy atom. The third-order valence-electron chi connectivity index (χ3n) is 3.89. The van der Waals surface area contributed by atoms with Crippen LogP contribution in [-0.4, -0.2) is 0 Å². The van der Waals surface area contributed by atoms with Gasteiger partial charge in [-0.05, 0) is 0 Å². The van der Waals surface area contributed by atoms with Crippen molar-refractivity contribution in [2.75, 3.05) is 0 Å². The van der Waals surface area contributed by atoms with E-state index >= 15 is 0 Å². The van der Waals surface area contributed by atoms with Crippen LogP contribution in [-0.2, 0) is 17.9 Å². The van der Waals surface area contributed by atoms with Crippen molar-refractivity contribution in [3.8, 4) is 0 Å². The first kappa shape index (κ1) is 16.2. The maximum absolute atomic E-state index is 2.45. The van der Waals surface area contributed by atoms with Gasteiger partial charge in [0.1, 0.15) is 0 Å². The second-order valence-electron chi connectivity index (χ2n) is 5.55. The summed E-state index contributed by atoms with van der Waals surface area (Å²) in [5.74, 6) is 0. The van der Waals surface area contributed by atoms with Gasteiger partial charge in [0, 0.05) is 0 Å². The fourth-order valence-corrected chi connectivity index (χ4v) is 7.35. The summed E-state index contributed by atoms with van der Waals surface area (Å²) >= 11 is -0.864. The van der Waals surface area contributed by atoms with E-state index in [2.05, 4.69) is 32.1 Å². The third-order valence-corrected chi connectivity index (χ3v) is 8.88. The summed E-state index contributed by atoms with van der Waals surface area (Å²) in [5.41, 5.74) is 0. The van der Waals surface area contributed by atoms with E-state index in [-0.39, 0.29) is 0 Å². The molecule has 0 nitrogen and oxygen atoms in total. The van der Waals surface area contributed by atoms with Gasteiger partial charge in [-0.3, -0.25) is 0 Å². The number of allylic oxidation sites excluding steroid dienone is 4.